The van der Waals surface area contributed by atoms with Crippen LogP contribution in [0.3, 0.4) is 0 Å². The summed E-state index contributed by atoms with van der Waals surface area (Å²) in [4.78, 5) is 48.9. The second-order valence-electron chi connectivity index (χ2n) is 10.9. The van der Waals surface area contributed by atoms with Gasteiger partial charge < -0.3 is 24.4 Å². The number of ether oxygens (including phenoxy) is 3. The number of carbonyl (C=O) groups excluding carboxylic acids is 2. The van der Waals surface area contributed by atoms with Crippen molar-refractivity contribution < 1.29 is 48.0 Å². The second kappa shape index (κ2) is 12.9. The topological polar surface area (TPSA) is 136 Å². The lowest BCUT2D eigenvalue weighted by atomic mass is 9.71. The van der Waals surface area contributed by atoms with Crippen LogP contribution in [-0.2, 0) is 16.0 Å². The Morgan fingerprint density at radius 1 is 0.932 bits per heavy atom. The zero-order chi connectivity index (χ0) is 31.7. The number of benzene rings is 2. The summed E-state index contributed by atoms with van der Waals surface area (Å²) < 4.78 is 33.8. The molecule has 2 aromatic carbocycles. The lowest BCUT2D eigenvalue weighted by Crippen LogP contribution is -2.37. The van der Waals surface area contributed by atoms with Crippen molar-refractivity contribution in [3.63, 3.8) is 0 Å². The molecule has 12 heteroatoms. The van der Waals surface area contributed by atoms with E-state index in [9.17, 15) is 24.3 Å². The highest BCUT2D eigenvalue weighted by atomic mass is 32.1. The lowest BCUT2D eigenvalue weighted by Gasteiger charge is -2.31. The summed E-state index contributed by atoms with van der Waals surface area (Å²) in [5.74, 6) is -4.48. The third kappa shape index (κ3) is 6.14. The van der Waals surface area contributed by atoms with E-state index >= 15 is 4.39 Å². The third-order valence-corrected chi connectivity index (χ3v) is 10.3. The highest BCUT2D eigenvalue weighted by Crippen LogP contribution is 2.43. The lowest BCUT2D eigenvalue weighted by molar-refractivity contribution is -0.146. The van der Waals surface area contributed by atoms with Crippen molar-refractivity contribution in [3.8, 4) is 17.2 Å². The number of carbonyl (C=O) groups is 4. The quantitative estimate of drug-likeness (QED) is 0.112. The molecule has 44 heavy (non-hydrogen) atoms. The summed E-state index contributed by atoms with van der Waals surface area (Å²) in [6.07, 6.45) is 1.91. The fourth-order valence-corrected chi connectivity index (χ4v) is 7.45. The van der Waals surface area contributed by atoms with Crippen molar-refractivity contribution in [2.24, 2.45) is 17.8 Å². The van der Waals surface area contributed by atoms with Gasteiger partial charge in [0, 0.05) is 33.2 Å². The summed E-state index contributed by atoms with van der Waals surface area (Å²) in [5, 5.41) is 19.5. The van der Waals surface area contributed by atoms with E-state index in [1.807, 2.05) is 12.1 Å². The van der Waals surface area contributed by atoms with Gasteiger partial charge in [-0.15, -0.1) is 22.7 Å². The summed E-state index contributed by atoms with van der Waals surface area (Å²) in [6, 6.07) is 8.62. The van der Waals surface area contributed by atoms with Crippen molar-refractivity contribution in [3.05, 3.63) is 51.5 Å². The molecule has 1 saturated carbocycles. The van der Waals surface area contributed by atoms with E-state index in [1.165, 1.54) is 31.4 Å². The molecule has 0 aliphatic heterocycles. The molecule has 5 rings (SSSR count). The van der Waals surface area contributed by atoms with E-state index in [-0.39, 0.29) is 41.5 Å². The number of methoxy groups -OCH3 is 2. The number of thiophene rings is 2. The predicted octanol–water partition coefficient (Wildman–Crippen LogP) is 6.87. The average molecular weight is 643 g/mol. The maximum absolute atomic E-state index is 15.6. The number of ketones is 2. The molecule has 2 N–H and O–H groups in total. The minimum absolute atomic E-state index is 0.0668. The van der Waals surface area contributed by atoms with Crippen LogP contribution >= 0.6 is 22.7 Å². The minimum Gasteiger partial charge on any atom is -0.496 e. The number of Topliss-reactive ketones (excluding diaryl/α,β-unsaturated/α-hetero) is 2. The number of aliphatic carboxylic acids is 2. The van der Waals surface area contributed by atoms with Crippen LogP contribution in [0.15, 0.2) is 30.3 Å². The van der Waals surface area contributed by atoms with E-state index in [2.05, 4.69) is 0 Å². The molecule has 232 valence electrons. The molecular formula is C32H31FO9S2. The molecule has 3 atom stereocenters. The molecule has 0 spiro atoms. The minimum atomic E-state index is -1.02. The zero-order valence-electron chi connectivity index (χ0n) is 24.3. The SMILES string of the molecule is COc1cc2sc(C(=O)CC(C)C(=O)O)cc2cc1CCCOc1c(OC)cc2sc(C(=O)[C@@H]3CC[C@H]3C(=O)O)cc2c1F. The molecule has 0 bridgehead atoms. The van der Waals surface area contributed by atoms with E-state index < -0.39 is 35.5 Å². The molecule has 4 aromatic rings. The Bertz CT molecular complexity index is 1770. The van der Waals surface area contributed by atoms with Crippen LogP contribution in [0.25, 0.3) is 20.2 Å². The van der Waals surface area contributed by atoms with Gasteiger partial charge in [0.15, 0.2) is 28.9 Å². The van der Waals surface area contributed by atoms with Gasteiger partial charge in [0.25, 0.3) is 0 Å². The van der Waals surface area contributed by atoms with Gasteiger partial charge in [-0.2, -0.15) is 0 Å². The Morgan fingerprint density at radius 3 is 2.25 bits per heavy atom. The van der Waals surface area contributed by atoms with Crippen molar-refractivity contribution >= 4 is 66.4 Å². The van der Waals surface area contributed by atoms with E-state index in [0.717, 1.165) is 27.0 Å². The Hall–Kier alpha value is -4.03. The van der Waals surface area contributed by atoms with Crippen LogP contribution in [0.4, 0.5) is 4.39 Å². The van der Waals surface area contributed by atoms with Crippen molar-refractivity contribution in [2.75, 3.05) is 20.8 Å². The first-order valence-electron chi connectivity index (χ1n) is 14.1. The number of carboxylic acid groups (broad SMARTS) is 2. The number of hydrogen-bond acceptors (Lipinski definition) is 9. The number of fused-ring (bicyclic) bond motifs is 2. The molecule has 2 heterocycles. The monoisotopic (exact) mass is 642 g/mol. The number of hydrogen-bond donors (Lipinski definition) is 2. The van der Waals surface area contributed by atoms with E-state index in [1.54, 1.807) is 19.2 Å². The Balaban J connectivity index is 1.28. The summed E-state index contributed by atoms with van der Waals surface area (Å²) in [7, 11) is 2.96. The van der Waals surface area contributed by atoms with Gasteiger partial charge in [-0.25, -0.2) is 4.39 Å². The Kier molecular flexibility index (Phi) is 9.21. The number of carboxylic acids is 2. The van der Waals surface area contributed by atoms with Crippen LogP contribution in [-0.4, -0.2) is 54.5 Å². The first-order valence-corrected chi connectivity index (χ1v) is 15.7. The zero-order valence-corrected chi connectivity index (χ0v) is 25.9. The van der Waals surface area contributed by atoms with Gasteiger partial charge in [-0.05, 0) is 60.9 Å². The van der Waals surface area contributed by atoms with Crippen LogP contribution in [0.1, 0.15) is 57.5 Å². The molecule has 0 saturated heterocycles. The largest absolute Gasteiger partial charge is 0.496 e. The second-order valence-corrected chi connectivity index (χ2v) is 13.0. The standard InChI is InChI=1S/C32H31FO9S2/c1-15(31(36)37)9-21(34)26-11-17-10-16(22(40-2)13-24(17)43-26)5-4-8-42-30-23(41-3)14-25-20(28(30)33)12-27(44-25)29(35)18-6-7-19(18)32(38)39/h10-15,18-19H,4-9H2,1-3H3,(H,36,37)(H,38,39)/t15?,18-,19-/m1/s1. The van der Waals surface area contributed by atoms with Gasteiger partial charge in [0.1, 0.15) is 5.75 Å². The molecule has 1 aliphatic carbocycles. The molecule has 1 aliphatic rings. The first kappa shape index (κ1) is 31.4. The average Bonchev–Trinajstić information content (AvgIpc) is 3.59. The van der Waals surface area contributed by atoms with Gasteiger partial charge in [-0.3, -0.25) is 19.2 Å². The summed E-state index contributed by atoms with van der Waals surface area (Å²) >= 11 is 2.40. The molecular weight excluding hydrogens is 611 g/mol. The van der Waals surface area contributed by atoms with Crippen molar-refractivity contribution in [2.45, 2.75) is 39.0 Å². The van der Waals surface area contributed by atoms with E-state index in [4.69, 9.17) is 19.3 Å². The smallest absolute Gasteiger partial charge is 0.307 e. The molecule has 1 fully saturated rings. The van der Waals surface area contributed by atoms with Crippen LogP contribution in [0.2, 0.25) is 0 Å². The Labute approximate surface area is 260 Å². The summed E-state index contributed by atoms with van der Waals surface area (Å²) in [5.41, 5.74) is 0.874. The summed E-state index contributed by atoms with van der Waals surface area (Å²) in [6.45, 7) is 1.65. The Morgan fingerprint density at radius 2 is 1.61 bits per heavy atom. The van der Waals surface area contributed by atoms with Gasteiger partial charge in [0.2, 0.25) is 0 Å². The maximum Gasteiger partial charge on any atom is 0.307 e. The normalized spacial score (nSPS) is 16.8. The molecule has 0 radical (unpaired) electrons. The van der Waals surface area contributed by atoms with Gasteiger partial charge in [0.05, 0.1) is 42.4 Å². The van der Waals surface area contributed by atoms with Gasteiger partial charge in [-0.1, -0.05) is 6.92 Å². The number of halogens is 1. The predicted molar refractivity (Wildman–Crippen MR) is 164 cm³/mol. The van der Waals surface area contributed by atoms with Crippen LogP contribution in [0, 0.1) is 23.6 Å². The first-order chi connectivity index (χ1) is 21.0. The van der Waals surface area contributed by atoms with Gasteiger partial charge >= 0.3 is 11.9 Å². The van der Waals surface area contributed by atoms with Crippen LogP contribution in [0.5, 0.6) is 17.2 Å². The van der Waals surface area contributed by atoms with E-state index in [0.29, 0.717) is 45.9 Å². The maximum atomic E-state index is 15.6. The third-order valence-electron chi connectivity index (χ3n) is 8.02. The van der Waals surface area contributed by atoms with Crippen LogP contribution < -0.4 is 14.2 Å². The fourth-order valence-electron chi connectivity index (χ4n) is 5.34. The fraction of sp³-hybridized carbons (Fsp3) is 0.375. The molecule has 2 aromatic heterocycles. The van der Waals surface area contributed by atoms with Crippen molar-refractivity contribution in [1.82, 2.24) is 0 Å². The van der Waals surface area contributed by atoms with Crippen molar-refractivity contribution in [1.29, 1.82) is 0 Å². The molecule has 1 unspecified atom stereocenters. The molecule has 0 amide bonds. The highest BCUT2D eigenvalue weighted by molar-refractivity contribution is 7.21. The number of rotatable bonds is 14. The number of aryl methyl sites for hydroxylation is 1. The molecule has 9 nitrogen and oxygen atoms in total. The highest BCUT2D eigenvalue weighted by Gasteiger charge is 2.42.